The van der Waals surface area contributed by atoms with Gasteiger partial charge in [-0.05, 0) is 31.7 Å². The van der Waals surface area contributed by atoms with E-state index < -0.39 is 0 Å². The molecule has 0 spiro atoms. The number of benzene rings is 1. The fourth-order valence-electron chi connectivity index (χ4n) is 3.13. The zero-order valence-electron chi connectivity index (χ0n) is 13.5. The predicted octanol–water partition coefficient (Wildman–Crippen LogP) is 3.63. The third-order valence-corrected chi connectivity index (χ3v) is 4.38. The van der Waals surface area contributed by atoms with Crippen molar-refractivity contribution in [3.05, 3.63) is 35.7 Å². The van der Waals surface area contributed by atoms with E-state index in [4.69, 9.17) is 4.52 Å². The standard InChI is InChI=1S/C18H23N3O2/c1-13-6-5-9-15(10-13)18-20-17(23-21-18)12-19-16(22)11-14-7-3-2-4-8-14/h5-6,9-10,14H,2-4,7-8,11-12H2,1H3,(H,19,22). The Balaban J connectivity index is 1.52. The molecule has 1 aliphatic rings. The van der Waals surface area contributed by atoms with Crippen LogP contribution in [0.5, 0.6) is 0 Å². The molecule has 122 valence electrons. The molecule has 1 aromatic heterocycles. The van der Waals surface area contributed by atoms with Crippen molar-refractivity contribution in [1.82, 2.24) is 15.5 Å². The molecule has 5 heteroatoms. The Bertz CT molecular complexity index is 660. The van der Waals surface area contributed by atoms with Crippen LogP contribution in [-0.4, -0.2) is 16.0 Å². The fourth-order valence-corrected chi connectivity index (χ4v) is 3.13. The molecule has 1 amide bonds. The first-order valence-electron chi connectivity index (χ1n) is 8.37. The monoisotopic (exact) mass is 313 g/mol. The van der Waals surface area contributed by atoms with Gasteiger partial charge in [0.05, 0.1) is 6.54 Å². The maximum absolute atomic E-state index is 12.0. The number of nitrogens with zero attached hydrogens (tertiary/aromatic N) is 2. The fraction of sp³-hybridized carbons (Fsp3) is 0.500. The second kappa shape index (κ2) is 7.40. The number of nitrogens with one attached hydrogen (secondary N) is 1. The van der Waals surface area contributed by atoms with E-state index >= 15 is 0 Å². The van der Waals surface area contributed by atoms with Crippen LogP contribution in [0.2, 0.25) is 0 Å². The maximum Gasteiger partial charge on any atom is 0.246 e. The number of carbonyl (C=O) groups is 1. The lowest BCUT2D eigenvalue weighted by molar-refractivity contribution is -0.122. The molecule has 5 nitrogen and oxygen atoms in total. The van der Waals surface area contributed by atoms with E-state index in [0.29, 0.717) is 30.6 Å². The van der Waals surface area contributed by atoms with Crippen molar-refractivity contribution in [1.29, 1.82) is 0 Å². The molecule has 23 heavy (non-hydrogen) atoms. The highest BCUT2D eigenvalue weighted by Crippen LogP contribution is 2.26. The Morgan fingerprint density at radius 2 is 2.13 bits per heavy atom. The number of aryl methyl sites for hydroxylation is 1. The van der Waals surface area contributed by atoms with Crippen LogP contribution < -0.4 is 5.32 Å². The quantitative estimate of drug-likeness (QED) is 0.915. The molecule has 0 aliphatic heterocycles. The molecule has 1 N–H and O–H groups in total. The van der Waals surface area contributed by atoms with Crippen LogP contribution >= 0.6 is 0 Å². The molecule has 0 saturated heterocycles. The second-order valence-electron chi connectivity index (χ2n) is 6.37. The van der Waals surface area contributed by atoms with E-state index in [1.807, 2.05) is 31.2 Å². The minimum atomic E-state index is 0.0761. The molecular weight excluding hydrogens is 290 g/mol. The largest absolute Gasteiger partial charge is 0.347 e. The molecule has 1 saturated carbocycles. The van der Waals surface area contributed by atoms with Gasteiger partial charge in [0, 0.05) is 12.0 Å². The zero-order valence-corrected chi connectivity index (χ0v) is 13.5. The van der Waals surface area contributed by atoms with Crippen LogP contribution in [0.4, 0.5) is 0 Å². The predicted molar refractivity (Wildman–Crippen MR) is 87.5 cm³/mol. The van der Waals surface area contributed by atoms with Gasteiger partial charge in [-0.1, -0.05) is 48.2 Å². The van der Waals surface area contributed by atoms with Gasteiger partial charge in [-0.15, -0.1) is 0 Å². The van der Waals surface area contributed by atoms with E-state index in [1.54, 1.807) is 0 Å². The van der Waals surface area contributed by atoms with Gasteiger partial charge in [0.2, 0.25) is 17.6 Å². The van der Waals surface area contributed by atoms with Crippen LogP contribution in [-0.2, 0) is 11.3 Å². The Morgan fingerprint density at radius 1 is 1.30 bits per heavy atom. The summed E-state index contributed by atoms with van der Waals surface area (Å²) in [7, 11) is 0. The van der Waals surface area contributed by atoms with Crippen molar-refractivity contribution in [3.63, 3.8) is 0 Å². The van der Waals surface area contributed by atoms with Crippen LogP contribution in [0.1, 0.15) is 50.0 Å². The highest BCUT2D eigenvalue weighted by atomic mass is 16.5. The van der Waals surface area contributed by atoms with E-state index in [9.17, 15) is 4.79 Å². The first-order valence-corrected chi connectivity index (χ1v) is 8.37. The SMILES string of the molecule is Cc1cccc(-c2noc(CNC(=O)CC3CCCCC3)n2)c1. The number of hydrogen-bond donors (Lipinski definition) is 1. The van der Waals surface area contributed by atoms with Crippen LogP contribution in [0.25, 0.3) is 11.4 Å². The molecule has 1 aromatic carbocycles. The third-order valence-electron chi connectivity index (χ3n) is 4.38. The van der Waals surface area contributed by atoms with Gasteiger partial charge in [-0.2, -0.15) is 4.98 Å². The van der Waals surface area contributed by atoms with Crippen LogP contribution in [0.15, 0.2) is 28.8 Å². The smallest absolute Gasteiger partial charge is 0.246 e. The molecule has 0 bridgehead atoms. The number of amides is 1. The normalized spacial score (nSPS) is 15.5. The third kappa shape index (κ3) is 4.41. The summed E-state index contributed by atoms with van der Waals surface area (Å²) in [6, 6.07) is 7.95. The van der Waals surface area contributed by atoms with Gasteiger partial charge in [0.15, 0.2) is 0 Å². The highest BCUT2D eigenvalue weighted by Gasteiger charge is 2.17. The molecule has 2 aromatic rings. The lowest BCUT2D eigenvalue weighted by Gasteiger charge is -2.20. The van der Waals surface area contributed by atoms with E-state index in [0.717, 1.165) is 11.1 Å². The van der Waals surface area contributed by atoms with Crippen molar-refractivity contribution in [2.45, 2.75) is 52.0 Å². The Labute approximate surface area is 136 Å². The van der Waals surface area contributed by atoms with Gasteiger partial charge in [-0.25, -0.2) is 0 Å². The number of aromatic nitrogens is 2. The molecule has 0 unspecified atom stereocenters. The lowest BCUT2D eigenvalue weighted by atomic mass is 9.87. The van der Waals surface area contributed by atoms with Crippen molar-refractivity contribution in [2.24, 2.45) is 5.92 Å². The van der Waals surface area contributed by atoms with E-state index in [-0.39, 0.29) is 5.91 Å². The molecule has 0 atom stereocenters. The minimum absolute atomic E-state index is 0.0761. The van der Waals surface area contributed by atoms with Gasteiger partial charge >= 0.3 is 0 Å². The first-order chi connectivity index (χ1) is 11.2. The highest BCUT2D eigenvalue weighted by molar-refractivity contribution is 5.76. The van der Waals surface area contributed by atoms with Crippen molar-refractivity contribution in [3.8, 4) is 11.4 Å². The summed E-state index contributed by atoms with van der Waals surface area (Å²) in [5, 5.41) is 6.87. The summed E-state index contributed by atoms with van der Waals surface area (Å²) in [5.41, 5.74) is 2.07. The molecule has 1 heterocycles. The van der Waals surface area contributed by atoms with Gasteiger partial charge in [-0.3, -0.25) is 4.79 Å². The Morgan fingerprint density at radius 3 is 2.91 bits per heavy atom. The van der Waals surface area contributed by atoms with Crippen molar-refractivity contribution < 1.29 is 9.32 Å². The van der Waals surface area contributed by atoms with Gasteiger partial charge < -0.3 is 9.84 Å². The molecular formula is C18H23N3O2. The summed E-state index contributed by atoms with van der Waals surface area (Å²) in [6.45, 7) is 2.32. The number of carbonyl (C=O) groups excluding carboxylic acids is 1. The van der Waals surface area contributed by atoms with Gasteiger partial charge in [0.25, 0.3) is 0 Å². The summed E-state index contributed by atoms with van der Waals surface area (Å²) in [4.78, 5) is 16.4. The van der Waals surface area contributed by atoms with Crippen LogP contribution in [0.3, 0.4) is 0 Å². The summed E-state index contributed by atoms with van der Waals surface area (Å²) < 4.78 is 5.22. The second-order valence-corrected chi connectivity index (χ2v) is 6.37. The lowest BCUT2D eigenvalue weighted by Crippen LogP contribution is -2.26. The molecule has 1 fully saturated rings. The Hall–Kier alpha value is -2.17. The molecule has 0 radical (unpaired) electrons. The zero-order chi connectivity index (χ0) is 16.1. The first kappa shape index (κ1) is 15.7. The average molecular weight is 313 g/mol. The van der Waals surface area contributed by atoms with E-state index in [1.165, 1.54) is 32.1 Å². The maximum atomic E-state index is 12.0. The average Bonchev–Trinajstić information content (AvgIpc) is 3.03. The Kier molecular flexibility index (Phi) is 5.05. The van der Waals surface area contributed by atoms with Crippen molar-refractivity contribution >= 4 is 5.91 Å². The number of rotatable bonds is 5. The summed E-state index contributed by atoms with van der Waals surface area (Å²) >= 11 is 0. The van der Waals surface area contributed by atoms with Gasteiger partial charge in [0.1, 0.15) is 0 Å². The molecule has 3 rings (SSSR count). The minimum Gasteiger partial charge on any atom is -0.347 e. The molecule has 1 aliphatic carbocycles. The van der Waals surface area contributed by atoms with E-state index in [2.05, 4.69) is 15.5 Å². The summed E-state index contributed by atoms with van der Waals surface area (Å²) in [6.07, 6.45) is 6.76. The topological polar surface area (TPSA) is 68.0 Å². The number of hydrogen-bond acceptors (Lipinski definition) is 4. The van der Waals surface area contributed by atoms with Crippen LogP contribution in [0, 0.1) is 12.8 Å². The summed E-state index contributed by atoms with van der Waals surface area (Å²) in [5.74, 6) is 1.62. The van der Waals surface area contributed by atoms with Crippen molar-refractivity contribution in [2.75, 3.05) is 0 Å².